The van der Waals surface area contributed by atoms with E-state index in [1.165, 1.54) is 36.2 Å². The molecule has 1 N–H and O–H groups in total. The zero-order valence-corrected chi connectivity index (χ0v) is 23.8. The van der Waals surface area contributed by atoms with Crippen LogP contribution in [0, 0.1) is 0 Å². The summed E-state index contributed by atoms with van der Waals surface area (Å²) >= 11 is 5.98. The predicted octanol–water partition coefficient (Wildman–Crippen LogP) is 4.11. The molecule has 208 valence electrons. The highest BCUT2D eigenvalue weighted by Crippen LogP contribution is 2.27. The number of nitrogens with one attached hydrogen (secondary N) is 1. The van der Waals surface area contributed by atoms with E-state index in [2.05, 4.69) is 5.32 Å². The number of amides is 2. The quantitative estimate of drug-likeness (QED) is 0.350. The molecule has 3 aromatic rings. The highest BCUT2D eigenvalue weighted by Gasteiger charge is 2.32. The number of halogens is 1. The van der Waals surface area contributed by atoms with Gasteiger partial charge in [-0.25, -0.2) is 8.42 Å². The standard InChI is InChI=1S/C28H32ClN3O6S/c1-5-38-25-14-10-23(11-15-25)32(39(35,36)26-16-8-22(29)9-17-26)19-27(33)31(20(2)28(34)30-3)18-21-6-12-24(37-4)13-7-21/h6-17,20H,5,18-19H2,1-4H3,(H,30,34). The van der Waals surface area contributed by atoms with Gasteiger partial charge in [0, 0.05) is 18.6 Å². The molecule has 1 unspecified atom stereocenters. The first-order valence-corrected chi connectivity index (χ1v) is 14.1. The molecule has 0 spiro atoms. The summed E-state index contributed by atoms with van der Waals surface area (Å²) in [6, 6.07) is 18.3. The monoisotopic (exact) mass is 573 g/mol. The Kier molecular flexibility index (Phi) is 10.2. The number of carbonyl (C=O) groups excluding carboxylic acids is 2. The maximum Gasteiger partial charge on any atom is 0.264 e. The van der Waals surface area contributed by atoms with Crippen molar-refractivity contribution in [2.24, 2.45) is 0 Å². The molecule has 2 amide bonds. The van der Waals surface area contributed by atoms with Crippen LogP contribution in [0.4, 0.5) is 5.69 Å². The maximum absolute atomic E-state index is 13.8. The second-order valence-corrected chi connectivity index (χ2v) is 10.9. The zero-order valence-electron chi connectivity index (χ0n) is 22.3. The van der Waals surface area contributed by atoms with Crippen LogP contribution in [0.2, 0.25) is 5.02 Å². The fourth-order valence-corrected chi connectivity index (χ4v) is 5.40. The van der Waals surface area contributed by atoms with Crippen LogP contribution in [-0.2, 0) is 26.2 Å². The van der Waals surface area contributed by atoms with Gasteiger partial charge in [-0.3, -0.25) is 13.9 Å². The number of hydrogen-bond acceptors (Lipinski definition) is 6. The lowest BCUT2D eigenvalue weighted by Gasteiger charge is -2.31. The Labute approximate surface area is 234 Å². The zero-order chi connectivity index (χ0) is 28.6. The molecule has 0 aromatic heterocycles. The first-order valence-electron chi connectivity index (χ1n) is 12.3. The van der Waals surface area contributed by atoms with E-state index in [-0.39, 0.29) is 23.0 Å². The second-order valence-electron chi connectivity index (χ2n) is 8.55. The van der Waals surface area contributed by atoms with Gasteiger partial charge in [0.1, 0.15) is 24.1 Å². The fraction of sp³-hybridized carbons (Fsp3) is 0.286. The van der Waals surface area contributed by atoms with Crippen LogP contribution in [0.5, 0.6) is 11.5 Å². The fourth-order valence-electron chi connectivity index (χ4n) is 3.86. The highest BCUT2D eigenvalue weighted by atomic mass is 35.5. The first kappa shape index (κ1) is 29.8. The Morgan fingerprint density at radius 1 is 0.949 bits per heavy atom. The minimum atomic E-state index is -4.19. The molecule has 3 rings (SSSR count). The second kappa shape index (κ2) is 13.3. The number of ether oxygens (including phenoxy) is 2. The maximum atomic E-state index is 13.8. The molecule has 0 fully saturated rings. The Bertz CT molecular complexity index is 1360. The Morgan fingerprint density at radius 3 is 2.08 bits per heavy atom. The van der Waals surface area contributed by atoms with Crippen LogP contribution >= 0.6 is 11.6 Å². The summed E-state index contributed by atoms with van der Waals surface area (Å²) in [7, 11) is -1.16. The van der Waals surface area contributed by atoms with Gasteiger partial charge >= 0.3 is 0 Å². The molecule has 0 aliphatic carbocycles. The minimum Gasteiger partial charge on any atom is -0.497 e. The molecule has 0 saturated carbocycles. The molecule has 0 aliphatic rings. The van der Waals surface area contributed by atoms with Crippen LogP contribution in [0.15, 0.2) is 77.7 Å². The summed E-state index contributed by atoms with van der Waals surface area (Å²) in [5.41, 5.74) is 1.01. The molecule has 11 heteroatoms. The third kappa shape index (κ3) is 7.42. The number of hydrogen-bond donors (Lipinski definition) is 1. The highest BCUT2D eigenvalue weighted by molar-refractivity contribution is 7.92. The minimum absolute atomic E-state index is 0.0327. The SMILES string of the molecule is CCOc1ccc(N(CC(=O)N(Cc2ccc(OC)cc2)C(C)C(=O)NC)S(=O)(=O)c2ccc(Cl)cc2)cc1. The first-order chi connectivity index (χ1) is 18.6. The van der Waals surface area contributed by atoms with Crippen molar-refractivity contribution in [1.82, 2.24) is 10.2 Å². The van der Waals surface area contributed by atoms with Crippen molar-refractivity contribution in [3.8, 4) is 11.5 Å². The van der Waals surface area contributed by atoms with E-state index in [4.69, 9.17) is 21.1 Å². The summed E-state index contributed by atoms with van der Waals surface area (Å²) in [6.45, 7) is 3.42. The molecule has 39 heavy (non-hydrogen) atoms. The number of nitrogens with zero attached hydrogens (tertiary/aromatic N) is 2. The van der Waals surface area contributed by atoms with Gasteiger partial charge in [-0.2, -0.15) is 0 Å². The van der Waals surface area contributed by atoms with Crippen molar-refractivity contribution in [3.63, 3.8) is 0 Å². The Hall–Kier alpha value is -3.76. The molecule has 0 saturated heterocycles. The molecule has 1 atom stereocenters. The van der Waals surface area contributed by atoms with Gasteiger partial charge < -0.3 is 19.7 Å². The Morgan fingerprint density at radius 2 is 1.54 bits per heavy atom. The van der Waals surface area contributed by atoms with E-state index in [9.17, 15) is 18.0 Å². The van der Waals surface area contributed by atoms with Crippen molar-refractivity contribution in [2.45, 2.75) is 31.3 Å². The van der Waals surface area contributed by atoms with Gasteiger partial charge in [0.05, 0.1) is 24.3 Å². The van der Waals surface area contributed by atoms with Gasteiger partial charge in [0.2, 0.25) is 11.8 Å². The average molecular weight is 574 g/mol. The third-order valence-corrected chi connectivity index (χ3v) is 8.08. The molecule has 9 nitrogen and oxygen atoms in total. The van der Waals surface area contributed by atoms with Crippen molar-refractivity contribution >= 4 is 39.1 Å². The van der Waals surface area contributed by atoms with E-state index in [0.717, 1.165) is 9.87 Å². The largest absolute Gasteiger partial charge is 0.497 e. The Balaban J connectivity index is 2.01. The molecule has 0 radical (unpaired) electrons. The van der Waals surface area contributed by atoms with Gasteiger partial charge in [0.25, 0.3) is 10.0 Å². The summed E-state index contributed by atoms with van der Waals surface area (Å²) < 4.78 is 39.3. The number of methoxy groups -OCH3 is 1. The predicted molar refractivity (Wildman–Crippen MR) is 151 cm³/mol. The molecular formula is C28H32ClN3O6S. The van der Waals surface area contributed by atoms with E-state index >= 15 is 0 Å². The van der Waals surface area contributed by atoms with Crippen LogP contribution in [0.1, 0.15) is 19.4 Å². The normalized spacial score (nSPS) is 11.8. The number of rotatable bonds is 12. The van der Waals surface area contributed by atoms with Crippen molar-refractivity contribution in [1.29, 1.82) is 0 Å². The van der Waals surface area contributed by atoms with Crippen molar-refractivity contribution < 1.29 is 27.5 Å². The summed E-state index contributed by atoms with van der Waals surface area (Å²) in [6.07, 6.45) is 0. The van der Waals surface area contributed by atoms with E-state index in [1.807, 2.05) is 6.92 Å². The van der Waals surface area contributed by atoms with Gasteiger partial charge in [0.15, 0.2) is 0 Å². The van der Waals surface area contributed by atoms with E-state index in [0.29, 0.717) is 23.1 Å². The van der Waals surface area contributed by atoms with Crippen molar-refractivity contribution in [3.05, 3.63) is 83.4 Å². The lowest BCUT2D eigenvalue weighted by Crippen LogP contribution is -2.50. The lowest BCUT2D eigenvalue weighted by atomic mass is 10.1. The molecular weight excluding hydrogens is 542 g/mol. The van der Waals surface area contributed by atoms with Gasteiger partial charge in [-0.05, 0) is 80.1 Å². The van der Waals surface area contributed by atoms with Gasteiger partial charge in [-0.15, -0.1) is 0 Å². The topological polar surface area (TPSA) is 105 Å². The average Bonchev–Trinajstić information content (AvgIpc) is 2.94. The van der Waals surface area contributed by atoms with Crippen molar-refractivity contribution in [2.75, 3.05) is 31.6 Å². The molecule has 0 bridgehead atoms. The summed E-state index contributed by atoms with van der Waals surface area (Å²) in [4.78, 5) is 27.7. The molecule has 3 aromatic carbocycles. The molecule has 0 heterocycles. The number of benzene rings is 3. The van der Waals surface area contributed by atoms with E-state index < -0.39 is 28.5 Å². The van der Waals surface area contributed by atoms with Crippen LogP contribution in [-0.4, -0.2) is 58.5 Å². The number of sulfonamides is 1. The van der Waals surface area contributed by atoms with Crippen LogP contribution in [0.3, 0.4) is 0 Å². The summed E-state index contributed by atoms with van der Waals surface area (Å²) in [5.74, 6) is 0.260. The molecule has 0 aliphatic heterocycles. The number of carbonyl (C=O) groups is 2. The van der Waals surface area contributed by atoms with E-state index in [1.54, 1.807) is 62.6 Å². The third-order valence-electron chi connectivity index (χ3n) is 6.04. The smallest absolute Gasteiger partial charge is 0.264 e. The lowest BCUT2D eigenvalue weighted by molar-refractivity contribution is -0.139. The van der Waals surface area contributed by atoms with Crippen LogP contribution in [0.25, 0.3) is 0 Å². The number of anilines is 1. The summed E-state index contributed by atoms with van der Waals surface area (Å²) in [5, 5.41) is 2.94. The van der Waals surface area contributed by atoms with Crippen LogP contribution < -0.4 is 19.1 Å². The van der Waals surface area contributed by atoms with Gasteiger partial charge in [-0.1, -0.05) is 23.7 Å². The number of likely N-dealkylation sites (N-methyl/N-ethyl adjacent to an activating group) is 1.